The smallest absolute Gasteiger partial charge is 0.254 e. The van der Waals surface area contributed by atoms with Crippen LogP contribution in [0.15, 0.2) is 48.5 Å². The van der Waals surface area contributed by atoms with E-state index in [9.17, 15) is 14.3 Å². The Kier molecular flexibility index (Phi) is 5.12. The van der Waals surface area contributed by atoms with Crippen LogP contribution in [0.4, 0.5) is 4.39 Å². The Morgan fingerprint density at radius 3 is 2.55 bits per heavy atom. The van der Waals surface area contributed by atoms with Crippen molar-refractivity contribution in [1.29, 1.82) is 0 Å². The number of carbonyl (C=O) groups excluding carboxylic acids is 1. The molecule has 2 unspecified atom stereocenters. The number of amides is 1. The lowest BCUT2D eigenvalue weighted by Gasteiger charge is -2.20. The van der Waals surface area contributed by atoms with Crippen molar-refractivity contribution in [2.45, 2.75) is 25.5 Å². The fourth-order valence-electron chi connectivity index (χ4n) is 2.10. The van der Waals surface area contributed by atoms with E-state index in [1.807, 2.05) is 30.3 Å². The fraction of sp³-hybridized carbons (Fsp3) is 0.235. The van der Waals surface area contributed by atoms with Crippen LogP contribution in [0.3, 0.4) is 0 Å². The molecule has 2 aromatic carbocycles. The molecule has 4 nitrogen and oxygen atoms in total. The van der Waals surface area contributed by atoms with Gasteiger partial charge in [-0.1, -0.05) is 30.3 Å². The second-order valence-corrected chi connectivity index (χ2v) is 5.18. The van der Waals surface area contributed by atoms with Gasteiger partial charge in [-0.25, -0.2) is 4.39 Å². The minimum Gasteiger partial charge on any atom is -0.508 e. The second-order valence-electron chi connectivity index (χ2n) is 5.18. The van der Waals surface area contributed by atoms with Crippen LogP contribution in [-0.2, 0) is 6.42 Å². The summed E-state index contributed by atoms with van der Waals surface area (Å²) >= 11 is 0. The molecule has 2 atom stereocenters. The molecule has 0 heterocycles. The maximum absolute atomic E-state index is 13.6. The van der Waals surface area contributed by atoms with Crippen LogP contribution in [0.5, 0.6) is 5.75 Å². The highest BCUT2D eigenvalue weighted by Crippen LogP contribution is 2.15. The predicted molar refractivity (Wildman–Crippen MR) is 81.1 cm³/mol. The lowest BCUT2D eigenvalue weighted by molar-refractivity contribution is 0.0848. The molecule has 22 heavy (non-hydrogen) atoms. The van der Waals surface area contributed by atoms with Crippen molar-refractivity contribution >= 4 is 5.91 Å². The molecular weight excluding hydrogens is 285 g/mol. The van der Waals surface area contributed by atoms with E-state index >= 15 is 0 Å². The van der Waals surface area contributed by atoms with Gasteiger partial charge in [0.15, 0.2) is 0 Å². The van der Waals surface area contributed by atoms with Gasteiger partial charge >= 0.3 is 0 Å². The summed E-state index contributed by atoms with van der Waals surface area (Å²) in [6.07, 6.45) is -0.396. The molecule has 0 fully saturated rings. The molecule has 0 aliphatic rings. The summed E-state index contributed by atoms with van der Waals surface area (Å²) in [5.41, 5.74) is 0.781. The monoisotopic (exact) mass is 303 g/mol. The van der Waals surface area contributed by atoms with Crippen LogP contribution < -0.4 is 5.32 Å². The third kappa shape index (κ3) is 4.05. The van der Waals surface area contributed by atoms with Gasteiger partial charge in [0, 0.05) is 12.5 Å². The number of phenols is 1. The van der Waals surface area contributed by atoms with Crippen LogP contribution >= 0.6 is 0 Å². The summed E-state index contributed by atoms with van der Waals surface area (Å²) in [6.45, 7) is 1.66. The van der Waals surface area contributed by atoms with E-state index < -0.39 is 23.9 Å². The molecule has 1 amide bonds. The standard InChI is InChI=1S/C17H18FNO3/c1-11(16(21)9-12-5-3-2-4-6-12)19-17(22)14-8-7-13(20)10-15(14)18/h2-8,10-11,16,20-21H,9H2,1H3,(H,19,22). The second kappa shape index (κ2) is 7.04. The third-order valence-electron chi connectivity index (χ3n) is 3.42. The minimum absolute atomic E-state index is 0.170. The molecule has 0 aliphatic carbocycles. The molecule has 116 valence electrons. The van der Waals surface area contributed by atoms with Gasteiger partial charge < -0.3 is 15.5 Å². The molecule has 2 rings (SSSR count). The number of phenolic OH excluding ortho intramolecular Hbond substituents is 1. The van der Waals surface area contributed by atoms with Crippen molar-refractivity contribution in [3.05, 3.63) is 65.5 Å². The number of aliphatic hydroxyl groups is 1. The van der Waals surface area contributed by atoms with E-state index in [4.69, 9.17) is 5.11 Å². The average Bonchev–Trinajstić information content (AvgIpc) is 2.47. The zero-order valence-electron chi connectivity index (χ0n) is 12.2. The largest absolute Gasteiger partial charge is 0.508 e. The SMILES string of the molecule is CC(NC(=O)c1ccc(O)cc1F)C(O)Cc1ccccc1. The van der Waals surface area contributed by atoms with Gasteiger partial charge in [0.2, 0.25) is 0 Å². The van der Waals surface area contributed by atoms with E-state index in [0.717, 1.165) is 11.6 Å². The molecule has 0 aliphatic heterocycles. The Bertz CT molecular complexity index is 646. The molecule has 3 N–H and O–H groups in total. The quantitative estimate of drug-likeness (QED) is 0.793. The molecule has 5 heteroatoms. The highest BCUT2D eigenvalue weighted by atomic mass is 19.1. The molecule has 0 spiro atoms. The maximum Gasteiger partial charge on any atom is 0.254 e. The molecule has 2 aromatic rings. The van der Waals surface area contributed by atoms with Gasteiger partial charge in [0.1, 0.15) is 11.6 Å². The summed E-state index contributed by atoms with van der Waals surface area (Å²) in [4.78, 5) is 12.0. The average molecular weight is 303 g/mol. The van der Waals surface area contributed by atoms with Gasteiger partial charge in [-0.15, -0.1) is 0 Å². The van der Waals surface area contributed by atoms with Crippen molar-refractivity contribution in [3.8, 4) is 5.75 Å². The van der Waals surface area contributed by atoms with Crippen molar-refractivity contribution in [3.63, 3.8) is 0 Å². The summed E-state index contributed by atoms with van der Waals surface area (Å²) < 4.78 is 13.6. The van der Waals surface area contributed by atoms with Crippen LogP contribution in [0.2, 0.25) is 0 Å². The Morgan fingerprint density at radius 1 is 1.23 bits per heavy atom. The van der Waals surface area contributed by atoms with Gasteiger partial charge in [-0.3, -0.25) is 4.79 Å². The normalized spacial score (nSPS) is 13.4. The summed E-state index contributed by atoms with van der Waals surface area (Å²) in [5.74, 6) is -1.68. The number of nitrogens with one attached hydrogen (secondary N) is 1. The lowest BCUT2D eigenvalue weighted by Crippen LogP contribution is -2.42. The van der Waals surface area contributed by atoms with Gasteiger partial charge in [-0.05, 0) is 24.6 Å². The van der Waals surface area contributed by atoms with Crippen LogP contribution in [-0.4, -0.2) is 28.3 Å². The Hall–Kier alpha value is -2.40. The first-order valence-electron chi connectivity index (χ1n) is 6.98. The zero-order valence-corrected chi connectivity index (χ0v) is 12.2. The highest BCUT2D eigenvalue weighted by molar-refractivity contribution is 5.94. The van der Waals surface area contributed by atoms with Gasteiger partial charge in [-0.2, -0.15) is 0 Å². The van der Waals surface area contributed by atoms with Crippen LogP contribution in [0.25, 0.3) is 0 Å². The van der Waals surface area contributed by atoms with Crippen LogP contribution in [0.1, 0.15) is 22.8 Å². The Balaban J connectivity index is 1.98. The number of hydrogen-bond donors (Lipinski definition) is 3. The summed E-state index contributed by atoms with van der Waals surface area (Å²) in [6, 6.07) is 12.2. The van der Waals surface area contributed by atoms with Gasteiger partial charge in [0.05, 0.1) is 17.7 Å². The zero-order chi connectivity index (χ0) is 16.1. The van der Waals surface area contributed by atoms with E-state index in [1.54, 1.807) is 6.92 Å². The third-order valence-corrected chi connectivity index (χ3v) is 3.42. The number of rotatable bonds is 5. The molecule has 0 aromatic heterocycles. The summed E-state index contributed by atoms with van der Waals surface area (Å²) in [5, 5.41) is 21.8. The number of halogens is 1. The predicted octanol–water partition coefficient (Wildman–Crippen LogP) is 2.25. The number of aromatic hydroxyl groups is 1. The first-order chi connectivity index (χ1) is 10.5. The van der Waals surface area contributed by atoms with Crippen molar-refractivity contribution in [2.24, 2.45) is 0 Å². The number of aliphatic hydroxyl groups excluding tert-OH is 1. The van der Waals surface area contributed by atoms with Gasteiger partial charge in [0.25, 0.3) is 5.91 Å². The molecular formula is C17H18FNO3. The highest BCUT2D eigenvalue weighted by Gasteiger charge is 2.19. The number of hydrogen-bond acceptors (Lipinski definition) is 3. The molecule has 0 radical (unpaired) electrons. The molecule has 0 saturated carbocycles. The molecule has 0 saturated heterocycles. The Labute approximate surface area is 128 Å². The lowest BCUT2D eigenvalue weighted by atomic mass is 10.0. The number of benzene rings is 2. The number of carbonyl (C=O) groups is 1. The van der Waals surface area contributed by atoms with E-state index in [2.05, 4.69) is 5.32 Å². The maximum atomic E-state index is 13.6. The Morgan fingerprint density at radius 2 is 1.91 bits per heavy atom. The topological polar surface area (TPSA) is 69.6 Å². The molecule has 0 bridgehead atoms. The first-order valence-corrected chi connectivity index (χ1v) is 6.98. The summed E-state index contributed by atoms with van der Waals surface area (Å²) in [7, 11) is 0. The van der Waals surface area contributed by atoms with Crippen LogP contribution in [0, 0.1) is 5.82 Å². The van der Waals surface area contributed by atoms with Crippen molar-refractivity contribution in [1.82, 2.24) is 5.32 Å². The van der Waals surface area contributed by atoms with E-state index in [0.29, 0.717) is 6.42 Å². The minimum atomic E-state index is -0.803. The van der Waals surface area contributed by atoms with Crippen molar-refractivity contribution in [2.75, 3.05) is 0 Å². The first kappa shape index (κ1) is 16.0. The fourth-order valence-corrected chi connectivity index (χ4v) is 2.10. The van der Waals surface area contributed by atoms with E-state index in [-0.39, 0.29) is 11.3 Å². The van der Waals surface area contributed by atoms with Crippen molar-refractivity contribution < 1.29 is 19.4 Å². The van der Waals surface area contributed by atoms with E-state index in [1.165, 1.54) is 12.1 Å².